The summed E-state index contributed by atoms with van der Waals surface area (Å²) in [5.41, 5.74) is 1.79. The van der Waals surface area contributed by atoms with Crippen molar-refractivity contribution in [3.8, 4) is 0 Å². The Labute approximate surface area is 223 Å². The van der Waals surface area contributed by atoms with Gasteiger partial charge in [-0.2, -0.15) is 0 Å². The molecule has 1 saturated heterocycles. The van der Waals surface area contributed by atoms with Crippen LogP contribution < -0.4 is 0 Å². The molecule has 1 heterocycles. The Bertz CT molecular complexity index is 629. The van der Waals surface area contributed by atoms with E-state index in [0.29, 0.717) is 28.1 Å². The van der Waals surface area contributed by atoms with Crippen LogP contribution in [-0.4, -0.2) is 34.2 Å². The van der Waals surface area contributed by atoms with Crippen molar-refractivity contribution in [1.29, 1.82) is 0 Å². The van der Waals surface area contributed by atoms with Crippen LogP contribution >= 0.6 is 0 Å². The molecule has 0 spiro atoms. The van der Waals surface area contributed by atoms with E-state index in [1.807, 2.05) is 0 Å². The van der Waals surface area contributed by atoms with Gasteiger partial charge in [-0.25, -0.2) is 0 Å². The molecule has 0 aromatic rings. The molecule has 2 aliphatic rings. The molecular formula is C27H60O4Si4. The van der Waals surface area contributed by atoms with Crippen molar-refractivity contribution in [3.63, 3.8) is 0 Å². The SMILES string of the molecule is CCC[Si]1(C(C)C)O[Si](CCC)(C(C)C)O[Si](CCC)(C2CC2C(C)C)O[Si](CCC)(C(C)C)O1. The maximum absolute atomic E-state index is 7.84. The van der Waals surface area contributed by atoms with Crippen LogP contribution in [0.4, 0.5) is 0 Å². The fourth-order valence-electron chi connectivity index (χ4n) is 6.42. The number of hydrogen-bond acceptors (Lipinski definition) is 4. The first-order valence-electron chi connectivity index (χ1n) is 15.1. The lowest BCUT2D eigenvalue weighted by atomic mass is 10.1. The topological polar surface area (TPSA) is 36.9 Å². The van der Waals surface area contributed by atoms with E-state index in [9.17, 15) is 0 Å². The minimum absolute atomic E-state index is 0.393. The van der Waals surface area contributed by atoms with Crippen molar-refractivity contribution in [2.24, 2.45) is 11.8 Å². The summed E-state index contributed by atoms with van der Waals surface area (Å²) in [7, 11) is -10.2. The van der Waals surface area contributed by atoms with Crippen molar-refractivity contribution in [2.75, 3.05) is 0 Å². The maximum Gasteiger partial charge on any atom is 0.324 e. The Balaban J connectivity index is 2.81. The molecule has 1 aliphatic heterocycles. The largest absolute Gasteiger partial charge is 0.415 e. The molecule has 0 N–H and O–H groups in total. The lowest BCUT2D eigenvalue weighted by molar-refractivity contribution is 0.191. The molecule has 4 unspecified atom stereocenters. The molecule has 1 aliphatic carbocycles. The Morgan fingerprint density at radius 1 is 0.543 bits per heavy atom. The van der Waals surface area contributed by atoms with Crippen LogP contribution in [0.25, 0.3) is 0 Å². The summed E-state index contributed by atoms with van der Waals surface area (Å²) in [5.74, 6) is 1.42. The fourth-order valence-corrected chi connectivity index (χ4v) is 34.6. The van der Waals surface area contributed by atoms with Gasteiger partial charge in [0.05, 0.1) is 0 Å². The molecule has 0 radical (unpaired) electrons. The van der Waals surface area contributed by atoms with Crippen molar-refractivity contribution >= 4 is 34.2 Å². The zero-order valence-corrected chi connectivity index (χ0v) is 29.5. The third-order valence-corrected chi connectivity index (χ3v) is 31.6. The average Bonchev–Trinajstić information content (AvgIpc) is 3.54. The first kappa shape index (κ1) is 31.9. The summed E-state index contributed by atoms with van der Waals surface area (Å²) in [6, 6.07) is 4.26. The van der Waals surface area contributed by atoms with Gasteiger partial charge in [-0.05, 0) is 59.1 Å². The van der Waals surface area contributed by atoms with E-state index in [4.69, 9.17) is 16.5 Å². The van der Waals surface area contributed by atoms with E-state index in [-0.39, 0.29) is 0 Å². The zero-order chi connectivity index (χ0) is 26.7. The summed E-state index contributed by atoms with van der Waals surface area (Å²) >= 11 is 0. The second-order valence-corrected chi connectivity index (χ2v) is 28.8. The quantitative estimate of drug-likeness (QED) is 0.210. The Kier molecular flexibility index (Phi) is 11.6. The third-order valence-electron chi connectivity index (χ3n) is 8.68. The standard InChI is InChI=1S/C27H60O4Si4/c1-13-17-32(23(7)8)28-33(18-14-2,24(9)10)30-35(20-16-4,27-21-26(27)22(5)6)31-34(29-32,19-15-3)25(11)12/h22-27H,13-21H2,1-12H3. The highest BCUT2D eigenvalue weighted by molar-refractivity contribution is 6.96. The van der Waals surface area contributed by atoms with Crippen LogP contribution in [0.3, 0.4) is 0 Å². The van der Waals surface area contributed by atoms with Crippen LogP contribution in [0.2, 0.25) is 46.3 Å². The van der Waals surface area contributed by atoms with Crippen molar-refractivity contribution in [2.45, 2.75) is 162 Å². The van der Waals surface area contributed by atoms with Crippen LogP contribution in [0.15, 0.2) is 0 Å². The first-order chi connectivity index (χ1) is 16.3. The molecule has 8 heteroatoms. The molecule has 4 atom stereocenters. The van der Waals surface area contributed by atoms with E-state index < -0.39 is 34.2 Å². The minimum atomic E-state index is -2.56. The highest BCUT2D eigenvalue weighted by Gasteiger charge is 2.69. The van der Waals surface area contributed by atoms with Gasteiger partial charge in [-0.1, -0.05) is 109 Å². The highest BCUT2D eigenvalue weighted by atomic mass is 28.5. The molecule has 4 nitrogen and oxygen atoms in total. The van der Waals surface area contributed by atoms with Crippen LogP contribution in [0.1, 0.15) is 115 Å². The second kappa shape index (κ2) is 12.7. The van der Waals surface area contributed by atoms with E-state index in [0.717, 1.165) is 55.8 Å². The second-order valence-electron chi connectivity index (χ2n) is 12.9. The van der Waals surface area contributed by atoms with Crippen molar-refractivity contribution < 1.29 is 16.5 Å². The van der Waals surface area contributed by atoms with Crippen LogP contribution in [0, 0.1) is 11.8 Å². The molecule has 1 saturated carbocycles. The van der Waals surface area contributed by atoms with Gasteiger partial charge in [0, 0.05) is 5.54 Å². The molecular weight excluding hydrogens is 501 g/mol. The maximum atomic E-state index is 7.84. The molecule has 208 valence electrons. The smallest absolute Gasteiger partial charge is 0.324 e. The number of hydrogen-bond donors (Lipinski definition) is 0. The van der Waals surface area contributed by atoms with Crippen molar-refractivity contribution in [3.05, 3.63) is 0 Å². The van der Waals surface area contributed by atoms with E-state index in [1.165, 1.54) is 6.42 Å². The summed E-state index contributed by atoms with van der Waals surface area (Å²) in [6.07, 6.45) is 5.71. The van der Waals surface area contributed by atoms with E-state index >= 15 is 0 Å². The molecule has 0 amide bonds. The normalized spacial score (nSPS) is 38.4. The molecule has 0 aromatic carbocycles. The average molecular weight is 561 g/mol. The lowest BCUT2D eigenvalue weighted by Gasteiger charge is -2.57. The van der Waals surface area contributed by atoms with Gasteiger partial charge in [-0.3, -0.25) is 0 Å². The van der Waals surface area contributed by atoms with Gasteiger partial charge in [0.25, 0.3) is 0 Å². The lowest BCUT2D eigenvalue weighted by Crippen LogP contribution is -2.72. The highest BCUT2D eigenvalue weighted by Crippen LogP contribution is 2.61. The molecule has 0 bridgehead atoms. The molecule has 2 fully saturated rings. The molecule has 2 rings (SSSR count). The first-order valence-corrected chi connectivity index (χ1v) is 23.5. The Morgan fingerprint density at radius 2 is 0.886 bits per heavy atom. The third kappa shape index (κ3) is 6.65. The van der Waals surface area contributed by atoms with Gasteiger partial charge in [0.15, 0.2) is 0 Å². The van der Waals surface area contributed by atoms with Gasteiger partial charge in [-0.15, -0.1) is 0 Å². The predicted octanol–water partition coefficient (Wildman–Crippen LogP) is 9.75. The summed E-state index contributed by atoms with van der Waals surface area (Å²) in [6.45, 7) is 28.2. The van der Waals surface area contributed by atoms with E-state index in [1.54, 1.807) is 0 Å². The van der Waals surface area contributed by atoms with E-state index in [2.05, 4.69) is 83.1 Å². The van der Waals surface area contributed by atoms with Gasteiger partial charge < -0.3 is 16.5 Å². The molecule has 35 heavy (non-hydrogen) atoms. The summed E-state index contributed by atoms with van der Waals surface area (Å²) in [5, 5.41) is 0. The van der Waals surface area contributed by atoms with Gasteiger partial charge in [0.1, 0.15) is 0 Å². The van der Waals surface area contributed by atoms with Crippen molar-refractivity contribution in [1.82, 2.24) is 0 Å². The summed E-state index contributed by atoms with van der Waals surface area (Å²) < 4.78 is 31.1. The Hall–Kier alpha value is 0.708. The molecule has 0 aromatic heterocycles. The van der Waals surface area contributed by atoms with Gasteiger partial charge in [0.2, 0.25) is 0 Å². The zero-order valence-electron chi connectivity index (χ0n) is 25.5. The van der Waals surface area contributed by atoms with Gasteiger partial charge >= 0.3 is 34.2 Å². The fraction of sp³-hybridized carbons (Fsp3) is 1.00. The van der Waals surface area contributed by atoms with Crippen LogP contribution in [0.5, 0.6) is 0 Å². The Morgan fingerprint density at radius 3 is 1.14 bits per heavy atom. The minimum Gasteiger partial charge on any atom is -0.415 e. The van der Waals surface area contributed by atoms with Crippen LogP contribution in [-0.2, 0) is 16.5 Å². The number of rotatable bonds is 13. The predicted molar refractivity (Wildman–Crippen MR) is 160 cm³/mol. The summed E-state index contributed by atoms with van der Waals surface area (Å²) in [4.78, 5) is 0. The monoisotopic (exact) mass is 560 g/mol.